The Morgan fingerprint density at radius 2 is 1.93 bits per heavy atom. The Hall–Kier alpha value is -2.77. The van der Waals surface area contributed by atoms with E-state index in [4.69, 9.17) is 27.9 Å². The van der Waals surface area contributed by atoms with Crippen molar-refractivity contribution in [3.63, 3.8) is 0 Å². The topological polar surface area (TPSA) is 100 Å². The molecule has 0 aliphatic heterocycles. The minimum absolute atomic E-state index is 0.0111. The van der Waals surface area contributed by atoms with Gasteiger partial charge in [-0.1, -0.05) is 23.2 Å². The number of phenols is 1. The molecule has 2 amide bonds. The number of amides is 2. The molecule has 9 heteroatoms. The highest BCUT2D eigenvalue weighted by Crippen LogP contribution is 2.26. The summed E-state index contributed by atoms with van der Waals surface area (Å²) in [6, 6.07) is 9.23. The van der Waals surface area contributed by atoms with Crippen LogP contribution in [-0.4, -0.2) is 29.7 Å². The number of anilines is 1. The molecule has 0 fully saturated rings. The molecule has 0 spiro atoms. The zero-order chi connectivity index (χ0) is 19.8. The number of hydrazone groups is 1. The molecule has 0 atom stereocenters. The summed E-state index contributed by atoms with van der Waals surface area (Å²) in [7, 11) is 0. The Labute approximate surface area is 165 Å². The van der Waals surface area contributed by atoms with E-state index in [1.807, 2.05) is 0 Å². The van der Waals surface area contributed by atoms with Gasteiger partial charge in [-0.25, -0.2) is 5.43 Å². The van der Waals surface area contributed by atoms with Crippen molar-refractivity contribution in [2.24, 2.45) is 5.10 Å². The average Bonchev–Trinajstić information content (AvgIpc) is 2.61. The van der Waals surface area contributed by atoms with Crippen molar-refractivity contribution in [2.75, 3.05) is 11.9 Å². The molecule has 2 rings (SSSR count). The highest BCUT2D eigenvalue weighted by molar-refractivity contribution is 6.42. The standard InChI is InChI=1S/C18H17Cl2N3O4/c1-2-27-16-7-11(3-6-15(16)24)10-21-23-18(26)9-17(25)22-12-4-5-13(19)14(20)8-12/h3-8,10,24H,2,9H2,1H3,(H,22,25)(H,23,26)/b21-10+. The second-order valence-electron chi connectivity index (χ2n) is 5.31. The molecule has 0 bridgehead atoms. The van der Waals surface area contributed by atoms with Crippen molar-refractivity contribution in [1.29, 1.82) is 0 Å². The average molecular weight is 410 g/mol. The zero-order valence-corrected chi connectivity index (χ0v) is 15.8. The van der Waals surface area contributed by atoms with Crippen LogP contribution in [0, 0.1) is 0 Å². The fraction of sp³-hybridized carbons (Fsp3) is 0.167. The number of benzene rings is 2. The van der Waals surface area contributed by atoms with Gasteiger partial charge in [0.05, 0.1) is 22.9 Å². The first-order chi connectivity index (χ1) is 12.9. The smallest absolute Gasteiger partial charge is 0.249 e. The number of carbonyl (C=O) groups is 2. The lowest BCUT2D eigenvalue weighted by molar-refractivity contribution is -0.126. The number of phenolic OH excluding ortho intramolecular Hbond substituents is 1. The van der Waals surface area contributed by atoms with Gasteiger partial charge in [0.15, 0.2) is 11.5 Å². The lowest BCUT2D eigenvalue weighted by Gasteiger charge is -2.06. The number of aromatic hydroxyl groups is 1. The fourth-order valence-electron chi connectivity index (χ4n) is 2.03. The summed E-state index contributed by atoms with van der Waals surface area (Å²) in [5.74, 6) is -0.789. The Morgan fingerprint density at radius 1 is 1.15 bits per heavy atom. The van der Waals surface area contributed by atoms with Crippen LogP contribution in [0.4, 0.5) is 5.69 Å². The van der Waals surface area contributed by atoms with Crippen LogP contribution in [0.5, 0.6) is 11.5 Å². The number of ether oxygens (including phenoxy) is 1. The monoisotopic (exact) mass is 409 g/mol. The van der Waals surface area contributed by atoms with E-state index < -0.39 is 18.2 Å². The minimum atomic E-state index is -0.590. The van der Waals surface area contributed by atoms with Crippen LogP contribution in [0.1, 0.15) is 18.9 Å². The Balaban J connectivity index is 1.86. The third-order valence-corrected chi connectivity index (χ3v) is 3.95. The van der Waals surface area contributed by atoms with Crippen LogP contribution >= 0.6 is 23.2 Å². The van der Waals surface area contributed by atoms with Crippen LogP contribution < -0.4 is 15.5 Å². The summed E-state index contributed by atoms with van der Waals surface area (Å²) < 4.78 is 5.26. The molecule has 0 heterocycles. The van der Waals surface area contributed by atoms with Gasteiger partial charge in [0.2, 0.25) is 11.8 Å². The summed E-state index contributed by atoms with van der Waals surface area (Å²) in [6.07, 6.45) is 0.952. The summed E-state index contributed by atoms with van der Waals surface area (Å²) in [4.78, 5) is 23.6. The van der Waals surface area contributed by atoms with E-state index in [0.717, 1.165) is 0 Å². The van der Waals surface area contributed by atoms with Crippen LogP contribution in [0.2, 0.25) is 10.0 Å². The highest BCUT2D eigenvalue weighted by atomic mass is 35.5. The molecule has 2 aromatic carbocycles. The third-order valence-electron chi connectivity index (χ3n) is 3.21. The number of halogens is 2. The number of nitrogens with one attached hydrogen (secondary N) is 2. The first-order valence-corrected chi connectivity index (χ1v) is 8.67. The molecule has 142 valence electrons. The van der Waals surface area contributed by atoms with Gasteiger partial charge >= 0.3 is 0 Å². The maximum atomic E-state index is 11.9. The van der Waals surface area contributed by atoms with E-state index in [0.29, 0.717) is 33.7 Å². The number of hydrogen-bond donors (Lipinski definition) is 3. The Morgan fingerprint density at radius 3 is 2.63 bits per heavy atom. The molecule has 0 saturated heterocycles. The highest BCUT2D eigenvalue weighted by Gasteiger charge is 2.10. The number of rotatable bonds is 7. The molecule has 0 aliphatic carbocycles. The predicted molar refractivity (Wildman–Crippen MR) is 105 cm³/mol. The Bertz CT molecular complexity index is 872. The molecule has 0 aromatic heterocycles. The lowest BCUT2D eigenvalue weighted by Crippen LogP contribution is -2.24. The maximum absolute atomic E-state index is 11.9. The van der Waals surface area contributed by atoms with Gasteiger partial charge in [-0.3, -0.25) is 9.59 Å². The van der Waals surface area contributed by atoms with Crippen LogP contribution in [-0.2, 0) is 9.59 Å². The van der Waals surface area contributed by atoms with Crippen molar-refractivity contribution < 1.29 is 19.4 Å². The maximum Gasteiger partial charge on any atom is 0.249 e. The van der Waals surface area contributed by atoms with Crippen molar-refractivity contribution >= 4 is 46.9 Å². The van der Waals surface area contributed by atoms with Crippen molar-refractivity contribution in [3.05, 3.63) is 52.0 Å². The van der Waals surface area contributed by atoms with Crippen LogP contribution in [0.25, 0.3) is 0 Å². The minimum Gasteiger partial charge on any atom is -0.504 e. The predicted octanol–water partition coefficient (Wildman–Crippen LogP) is 3.58. The number of nitrogens with zero attached hydrogens (tertiary/aromatic N) is 1. The SMILES string of the molecule is CCOc1cc(/C=N/NC(=O)CC(=O)Nc2ccc(Cl)c(Cl)c2)ccc1O. The van der Waals surface area contributed by atoms with Crippen LogP contribution in [0.15, 0.2) is 41.5 Å². The van der Waals surface area contributed by atoms with E-state index in [2.05, 4.69) is 15.8 Å². The van der Waals surface area contributed by atoms with Gasteiger partial charge in [-0.05, 0) is 48.9 Å². The summed E-state index contributed by atoms with van der Waals surface area (Å²) in [5, 5.41) is 16.6. The van der Waals surface area contributed by atoms with Crippen molar-refractivity contribution in [2.45, 2.75) is 13.3 Å². The molecule has 0 aliphatic rings. The van der Waals surface area contributed by atoms with Crippen LogP contribution in [0.3, 0.4) is 0 Å². The Kier molecular flexibility index (Phi) is 7.45. The molecule has 7 nitrogen and oxygen atoms in total. The molecular weight excluding hydrogens is 393 g/mol. The first kappa shape index (κ1) is 20.5. The van der Waals surface area contributed by atoms with Gasteiger partial charge in [0.1, 0.15) is 6.42 Å². The summed E-state index contributed by atoms with van der Waals surface area (Å²) in [5.41, 5.74) is 3.29. The molecule has 2 aromatic rings. The van der Waals surface area contributed by atoms with Gasteiger partial charge < -0.3 is 15.2 Å². The summed E-state index contributed by atoms with van der Waals surface area (Å²) >= 11 is 11.7. The fourth-order valence-corrected chi connectivity index (χ4v) is 2.32. The molecule has 0 unspecified atom stereocenters. The molecule has 3 N–H and O–H groups in total. The normalized spacial score (nSPS) is 10.6. The van der Waals surface area contributed by atoms with E-state index in [9.17, 15) is 14.7 Å². The number of hydrogen-bond acceptors (Lipinski definition) is 5. The van der Waals surface area contributed by atoms with Crippen molar-refractivity contribution in [3.8, 4) is 11.5 Å². The van der Waals surface area contributed by atoms with Gasteiger partial charge in [-0.2, -0.15) is 5.10 Å². The third kappa shape index (κ3) is 6.47. The molecule has 0 radical (unpaired) electrons. The largest absolute Gasteiger partial charge is 0.504 e. The molecule has 0 saturated carbocycles. The molecular formula is C18H17Cl2N3O4. The summed E-state index contributed by atoms with van der Waals surface area (Å²) in [6.45, 7) is 2.20. The van der Waals surface area contributed by atoms with Crippen molar-refractivity contribution in [1.82, 2.24) is 5.43 Å². The number of carbonyl (C=O) groups excluding carboxylic acids is 2. The van der Waals surface area contributed by atoms with Gasteiger partial charge in [0.25, 0.3) is 0 Å². The zero-order valence-electron chi connectivity index (χ0n) is 14.3. The second-order valence-corrected chi connectivity index (χ2v) is 6.12. The van der Waals surface area contributed by atoms with Gasteiger partial charge in [0, 0.05) is 5.69 Å². The lowest BCUT2D eigenvalue weighted by atomic mass is 10.2. The first-order valence-electron chi connectivity index (χ1n) is 7.91. The van der Waals surface area contributed by atoms with E-state index in [1.54, 1.807) is 25.1 Å². The van der Waals surface area contributed by atoms with E-state index in [1.165, 1.54) is 24.4 Å². The van der Waals surface area contributed by atoms with E-state index >= 15 is 0 Å². The molecule has 27 heavy (non-hydrogen) atoms. The quantitative estimate of drug-likeness (QED) is 0.369. The van der Waals surface area contributed by atoms with Gasteiger partial charge in [-0.15, -0.1) is 0 Å². The van der Waals surface area contributed by atoms with E-state index in [-0.39, 0.29) is 5.75 Å². The second kappa shape index (κ2) is 9.80.